The van der Waals surface area contributed by atoms with Crippen molar-refractivity contribution >= 4 is 28.4 Å². The van der Waals surface area contributed by atoms with Crippen molar-refractivity contribution in [3.63, 3.8) is 0 Å². The van der Waals surface area contributed by atoms with Crippen LogP contribution in [-0.4, -0.2) is 32.5 Å². The molecule has 0 saturated carbocycles. The highest BCUT2D eigenvalue weighted by molar-refractivity contribution is 7.24. The van der Waals surface area contributed by atoms with E-state index in [1.54, 1.807) is 29.9 Å². The van der Waals surface area contributed by atoms with Gasteiger partial charge in [-0.15, -0.1) is 11.3 Å². The first-order valence-electron chi connectivity index (χ1n) is 6.56. The van der Waals surface area contributed by atoms with Crippen LogP contribution in [0.2, 0.25) is 0 Å². The number of aromatic nitrogens is 3. The van der Waals surface area contributed by atoms with Gasteiger partial charge >= 0.3 is 0 Å². The van der Waals surface area contributed by atoms with Gasteiger partial charge in [-0.3, -0.25) is 4.98 Å². The first-order valence-corrected chi connectivity index (χ1v) is 8.20. The van der Waals surface area contributed by atoms with Gasteiger partial charge in [0, 0.05) is 30.6 Å². The fourth-order valence-electron chi connectivity index (χ4n) is 2.14. The van der Waals surface area contributed by atoms with Gasteiger partial charge in [0.2, 0.25) is 5.06 Å². The van der Waals surface area contributed by atoms with E-state index < -0.39 is 0 Å². The molecule has 6 nitrogen and oxygen atoms in total. The van der Waals surface area contributed by atoms with E-state index in [0.717, 1.165) is 20.5 Å². The molecule has 0 saturated heterocycles. The lowest BCUT2D eigenvalue weighted by Gasteiger charge is -2.11. The van der Waals surface area contributed by atoms with Gasteiger partial charge in [-0.25, -0.2) is 9.97 Å². The van der Waals surface area contributed by atoms with Crippen molar-refractivity contribution in [2.75, 3.05) is 6.61 Å². The van der Waals surface area contributed by atoms with E-state index in [1.165, 1.54) is 11.3 Å². The fraction of sp³-hybridized carbons (Fsp3) is 0.143. The molecule has 0 aliphatic carbocycles. The quantitative estimate of drug-likeness (QED) is 0.576. The van der Waals surface area contributed by atoms with Gasteiger partial charge in [0.25, 0.3) is 0 Å². The Balaban J connectivity index is 1.72. The minimum atomic E-state index is 0.512. The zero-order chi connectivity index (χ0) is 14.9. The lowest BCUT2D eigenvalue weighted by molar-refractivity contribution is 0.301. The van der Waals surface area contributed by atoms with E-state index in [1.807, 2.05) is 12.1 Å². The summed E-state index contributed by atoms with van der Waals surface area (Å²) in [5, 5.41) is 14.8. The van der Waals surface area contributed by atoms with Crippen molar-refractivity contribution in [1.29, 1.82) is 0 Å². The highest BCUT2D eigenvalue weighted by Crippen LogP contribution is 2.40. The summed E-state index contributed by atoms with van der Waals surface area (Å²) in [6, 6.07) is 3.86. The molecule has 1 aliphatic rings. The molecular weight excluding hydrogens is 320 g/mol. The molecular formula is C14H10N4O2S2. The molecule has 8 heteroatoms. The number of hydrogen-bond acceptors (Lipinski definition) is 8. The number of oxime groups is 1. The van der Waals surface area contributed by atoms with E-state index in [9.17, 15) is 0 Å². The SMILES string of the molecule is O/N=C1\CCOc2sc(-c3cnc(-c4cccnc4)s3)nc21. The lowest BCUT2D eigenvalue weighted by atomic mass is 10.2. The van der Waals surface area contributed by atoms with Crippen LogP contribution in [0.3, 0.4) is 0 Å². The number of fused-ring (bicyclic) bond motifs is 1. The second-order valence-corrected chi connectivity index (χ2v) is 6.56. The van der Waals surface area contributed by atoms with Gasteiger partial charge in [0.1, 0.15) is 21.4 Å². The Morgan fingerprint density at radius 2 is 2.18 bits per heavy atom. The molecule has 0 aromatic carbocycles. The summed E-state index contributed by atoms with van der Waals surface area (Å²) in [6.07, 6.45) is 5.89. The molecule has 0 unspecified atom stereocenters. The van der Waals surface area contributed by atoms with Crippen LogP contribution in [-0.2, 0) is 0 Å². The highest BCUT2D eigenvalue weighted by atomic mass is 32.1. The van der Waals surface area contributed by atoms with E-state index >= 15 is 0 Å². The summed E-state index contributed by atoms with van der Waals surface area (Å²) >= 11 is 3.00. The summed E-state index contributed by atoms with van der Waals surface area (Å²) in [5.74, 6) is 0. The zero-order valence-corrected chi connectivity index (χ0v) is 12.9. The Hall–Kier alpha value is -2.32. The summed E-state index contributed by atoms with van der Waals surface area (Å²) < 4.78 is 5.59. The molecule has 4 heterocycles. The summed E-state index contributed by atoms with van der Waals surface area (Å²) in [7, 11) is 0. The van der Waals surface area contributed by atoms with E-state index in [2.05, 4.69) is 20.1 Å². The molecule has 0 radical (unpaired) electrons. The highest BCUT2D eigenvalue weighted by Gasteiger charge is 2.24. The predicted octanol–water partition coefficient (Wildman–Crippen LogP) is 3.29. The Kier molecular flexibility index (Phi) is 3.32. The van der Waals surface area contributed by atoms with Crippen LogP contribution in [0.15, 0.2) is 35.9 Å². The molecule has 3 aromatic rings. The fourth-order valence-corrected chi connectivity index (χ4v) is 4.05. The number of thiazole rings is 2. The maximum Gasteiger partial charge on any atom is 0.204 e. The first-order chi connectivity index (χ1) is 10.8. The Morgan fingerprint density at radius 1 is 1.23 bits per heavy atom. The molecule has 1 N–H and O–H groups in total. The van der Waals surface area contributed by atoms with Crippen LogP contribution in [0.1, 0.15) is 12.1 Å². The Labute approximate surface area is 133 Å². The molecule has 1 aliphatic heterocycles. The minimum Gasteiger partial charge on any atom is -0.482 e. The van der Waals surface area contributed by atoms with Crippen molar-refractivity contribution in [1.82, 2.24) is 15.0 Å². The van der Waals surface area contributed by atoms with Crippen LogP contribution in [0, 0.1) is 0 Å². The molecule has 22 heavy (non-hydrogen) atoms. The summed E-state index contributed by atoms with van der Waals surface area (Å²) in [5.41, 5.74) is 2.18. The third-order valence-corrected chi connectivity index (χ3v) is 5.37. The molecule has 110 valence electrons. The Morgan fingerprint density at radius 3 is 3.00 bits per heavy atom. The largest absolute Gasteiger partial charge is 0.482 e. The molecule has 4 rings (SSSR count). The van der Waals surface area contributed by atoms with Crippen LogP contribution < -0.4 is 4.74 Å². The molecule has 3 aromatic heterocycles. The maximum atomic E-state index is 9.05. The number of pyridine rings is 1. The van der Waals surface area contributed by atoms with Gasteiger partial charge in [0.15, 0.2) is 0 Å². The average molecular weight is 330 g/mol. The number of hydrogen-bond donors (Lipinski definition) is 1. The van der Waals surface area contributed by atoms with Crippen molar-refractivity contribution in [3.8, 4) is 25.5 Å². The average Bonchev–Trinajstić information content (AvgIpc) is 3.21. The van der Waals surface area contributed by atoms with Crippen LogP contribution >= 0.6 is 22.7 Å². The number of nitrogens with zero attached hydrogens (tertiary/aromatic N) is 4. The molecule has 0 atom stereocenters. The first kappa shape index (κ1) is 13.4. The monoisotopic (exact) mass is 330 g/mol. The van der Waals surface area contributed by atoms with Crippen molar-refractivity contribution in [2.24, 2.45) is 5.16 Å². The second-order valence-electron chi connectivity index (χ2n) is 4.57. The van der Waals surface area contributed by atoms with Gasteiger partial charge < -0.3 is 9.94 Å². The third kappa shape index (κ3) is 2.26. The summed E-state index contributed by atoms with van der Waals surface area (Å²) in [4.78, 5) is 14.0. The lowest BCUT2D eigenvalue weighted by Crippen LogP contribution is -2.15. The zero-order valence-electron chi connectivity index (χ0n) is 11.3. The smallest absolute Gasteiger partial charge is 0.204 e. The molecule has 0 spiro atoms. The van der Waals surface area contributed by atoms with E-state index in [0.29, 0.717) is 29.5 Å². The topological polar surface area (TPSA) is 80.5 Å². The van der Waals surface area contributed by atoms with Crippen molar-refractivity contribution in [3.05, 3.63) is 36.4 Å². The van der Waals surface area contributed by atoms with Crippen LogP contribution in [0.4, 0.5) is 0 Å². The van der Waals surface area contributed by atoms with Crippen LogP contribution in [0.5, 0.6) is 5.06 Å². The van der Waals surface area contributed by atoms with Gasteiger partial charge in [0.05, 0.1) is 11.5 Å². The van der Waals surface area contributed by atoms with Gasteiger partial charge in [-0.2, -0.15) is 0 Å². The third-order valence-electron chi connectivity index (χ3n) is 3.19. The molecule has 0 amide bonds. The van der Waals surface area contributed by atoms with Crippen LogP contribution in [0.25, 0.3) is 20.5 Å². The van der Waals surface area contributed by atoms with Crippen molar-refractivity contribution in [2.45, 2.75) is 6.42 Å². The summed E-state index contributed by atoms with van der Waals surface area (Å²) in [6.45, 7) is 0.512. The maximum absolute atomic E-state index is 9.05. The second kappa shape index (κ2) is 5.47. The van der Waals surface area contributed by atoms with Gasteiger partial charge in [-0.1, -0.05) is 16.5 Å². The van der Waals surface area contributed by atoms with Crippen molar-refractivity contribution < 1.29 is 9.94 Å². The molecule has 0 bridgehead atoms. The molecule has 0 fully saturated rings. The minimum absolute atomic E-state index is 0.512. The number of rotatable bonds is 2. The number of ether oxygens (including phenoxy) is 1. The van der Waals surface area contributed by atoms with E-state index in [4.69, 9.17) is 9.94 Å². The Bertz CT molecular complexity index is 842. The standard InChI is InChI=1S/C14H10N4O2S2/c19-18-9-3-5-20-14-11(9)17-13(22-14)10-7-16-12(21-10)8-2-1-4-15-6-8/h1-2,4,6-7,19H,3,5H2/b18-9+. The normalized spacial score (nSPS) is 15.5. The van der Waals surface area contributed by atoms with E-state index in [-0.39, 0.29) is 0 Å². The van der Waals surface area contributed by atoms with Gasteiger partial charge in [-0.05, 0) is 12.1 Å². The predicted molar refractivity (Wildman–Crippen MR) is 84.9 cm³/mol.